The summed E-state index contributed by atoms with van der Waals surface area (Å²) in [7, 11) is 0. The molecule has 0 amide bonds. The number of hydrogen-bond donors (Lipinski definition) is 2. The van der Waals surface area contributed by atoms with Crippen LogP contribution in [-0.4, -0.2) is 36.8 Å². The Morgan fingerprint density at radius 1 is 1.67 bits per heavy atom. The van der Waals surface area contributed by atoms with Crippen LogP contribution in [0, 0.1) is 6.92 Å². The molecule has 0 aliphatic heterocycles. The SMILES string of the molecule is Cc1nc(N)sc1SCCn1cc(C(=O)O)nn1. The zero-order valence-corrected chi connectivity index (χ0v) is 11.2. The predicted molar refractivity (Wildman–Crippen MR) is 69.0 cm³/mol. The first-order chi connectivity index (χ1) is 8.56. The standard InChI is InChI=1S/C9H11N5O2S2/c1-5-8(18-9(10)11-5)17-3-2-14-4-6(7(15)16)12-13-14/h4H,2-3H2,1H3,(H2,10,11)(H,15,16). The minimum absolute atomic E-state index is 0.0433. The number of carboxylic acid groups (broad SMARTS) is 1. The molecule has 0 atom stereocenters. The number of anilines is 1. The van der Waals surface area contributed by atoms with Gasteiger partial charge in [0.15, 0.2) is 10.8 Å². The molecule has 0 radical (unpaired) electrons. The van der Waals surface area contributed by atoms with Gasteiger partial charge in [-0.25, -0.2) is 9.78 Å². The summed E-state index contributed by atoms with van der Waals surface area (Å²) < 4.78 is 2.59. The minimum atomic E-state index is -1.07. The lowest BCUT2D eigenvalue weighted by atomic mass is 10.5. The number of aryl methyl sites for hydroxylation is 2. The van der Waals surface area contributed by atoms with Crippen molar-refractivity contribution in [2.45, 2.75) is 17.7 Å². The van der Waals surface area contributed by atoms with E-state index >= 15 is 0 Å². The van der Waals surface area contributed by atoms with E-state index in [1.165, 1.54) is 22.2 Å². The molecule has 0 saturated carbocycles. The van der Waals surface area contributed by atoms with Crippen molar-refractivity contribution in [1.82, 2.24) is 20.0 Å². The van der Waals surface area contributed by atoms with Crippen molar-refractivity contribution in [3.05, 3.63) is 17.6 Å². The lowest BCUT2D eigenvalue weighted by molar-refractivity contribution is 0.0690. The number of carbonyl (C=O) groups is 1. The topological polar surface area (TPSA) is 107 Å². The van der Waals surface area contributed by atoms with E-state index in [2.05, 4.69) is 15.3 Å². The Labute approximate surface area is 111 Å². The van der Waals surface area contributed by atoms with Crippen LogP contribution in [-0.2, 0) is 6.54 Å². The van der Waals surface area contributed by atoms with Crippen molar-refractivity contribution in [2.24, 2.45) is 0 Å². The number of hydrogen-bond acceptors (Lipinski definition) is 7. The highest BCUT2D eigenvalue weighted by Crippen LogP contribution is 2.30. The van der Waals surface area contributed by atoms with Gasteiger partial charge in [0, 0.05) is 5.75 Å². The third-order valence-corrected chi connectivity index (χ3v) is 4.41. The van der Waals surface area contributed by atoms with Gasteiger partial charge in [-0.15, -0.1) is 16.9 Å². The molecule has 2 aromatic rings. The summed E-state index contributed by atoms with van der Waals surface area (Å²) in [4.78, 5) is 14.7. The fourth-order valence-corrected chi connectivity index (χ4v) is 3.30. The maximum absolute atomic E-state index is 10.6. The second-order valence-electron chi connectivity index (χ2n) is 3.45. The average Bonchev–Trinajstić information content (AvgIpc) is 2.87. The summed E-state index contributed by atoms with van der Waals surface area (Å²) in [6.45, 7) is 2.50. The van der Waals surface area contributed by atoms with Gasteiger partial charge in [0.25, 0.3) is 0 Å². The molecule has 0 fully saturated rings. The first-order valence-corrected chi connectivity index (χ1v) is 6.85. The van der Waals surface area contributed by atoms with E-state index in [-0.39, 0.29) is 5.69 Å². The monoisotopic (exact) mass is 285 g/mol. The van der Waals surface area contributed by atoms with Crippen LogP contribution in [0.25, 0.3) is 0 Å². The summed E-state index contributed by atoms with van der Waals surface area (Å²) >= 11 is 3.07. The fraction of sp³-hybridized carbons (Fsp3) is 0.333. The van der Waals surface area contributed by atoms with E-state index in [4.69, 9.17) is 10.8 Å². The quantitative estimate of drug-likeness (QED) is 0.792. The molecular formula is C9H11N5O2S2. The van der Waals surface area contributed by atoms with Crippen molar-refractivity contribution < 1.29 is 9.90 Å². The van der Waals surface area contributed by atoms with Crippen molar-refractivity contribution >= 4 is 34.2 Å². The first-order valence-electron chi connectivity index (χ1n) is 5.05. The Morgan fingerprint density at radius 2 is 2.44 bits per heavy atom. The number of aromatic nitrogens is 4. The molecule has 0 aliphatic carbocycles. The molecule has 2 rings (SSSR count). The van der Waals surface area contributed by atoms with E-state index in [0.717, 1.165) is 15.7 Å². The van der Waals surface area contributed by atoms with Crippen molar-refractivity contribution in [2.75, 3.05) is 11.5 Å². The highest BCUT2D eigenvalue weighted by Gasteiger charge is 2.09. The Kier molecular flexibility index (Phi) is 3.82. The molecule has 2 aromatic heterocycles. The van der Waals surface area contributed by atoms with Gasteiger partial charge in [0.05, 0.1) is 22.6 Å². The lowest BCUT2D eigenvalue weighted by Gasteiger charge is -1.99. The number of nitrogen functional groups attached to an aromatic ring is 1. The smallest absolute Gasteiger partial charge is 0.358 e. The molecule has 0 saturated heterocycles. The third kappa shape index (κ3) is 2.99. The zero-order chi connectivity index (χ0) is 13.1. The van der Waals surface area contributed by atoms with Crippen LogP contribution >= 0.6 is 23.1 Å². The van der Waals surface area contributed by atoms with E-state index < -0.39 is 5.97 Å². The normalized spacial score (nSPS) is 10.7. The van der Waals surface area contributed by atoms with Crippen molar-refractivity contribution in [3.63, 3.8) is 0 Å². The summed E-state index contributed by atoms with van der Waals surface area (Å²) in [5, 5.41) is 16.5. The Hall–Kier alpha value is -1.61. The number of nitrogens with zero attached hydrogens (tertiary/aromatic N) is 4. The first kappa shape index (κ1) is 12.8. The van der Waals surface area contributed by atoms with Crippen molar-refractivity contribution in [1.29, 1.82) is 0 Å². The van der Waals surface area contributed by atoms with Gasteiger partial charge in [0.1, 0.15) is 0 Å². The fourth-order valence-electron chi connectivity index (χ4n) is 1.27. The van der Waals surface area contributed by atoms with Crippen LogP contribution in [0.3, 0.4) is 0 Å². The van der Waals surface area contributed by atoms with Gasteiger partial charge >= 0.3 is 5.97 Å². The van der Waals surface area contributed by atoms with Crippen LogP contribution < -0.4 is 5.73 Å². The highest BCUT2D eigenvalue weighted by molar-refractivity contribution is 8.01. The van der Waals surface area contributed by atoms with Gasteiger partial charge in [-0.2, -0.15) is 0 Å². The van der Waals surface area contributed by atoms with E-state index in [9.17, 15) is 4.79 Å². The van der Waals surface area contributed by atoms with Gasteiger partial charge in [0.2, 0.25) is 0 Å². The lowest BCUT2D eigenvalue weighted by Crippen LogP contribution is -2.01. The third-order valence-electron chi connectivity index (χ3n) is 2.08. The van der Waals surface area contributed by atoms with E-state index in [1.807, 2.05) is 6.92 Å². The Bertz CT molecular complexity index is 565. The number of nitrogens with two attached hydrogens (primary N) is 1. The number of thiazole rings is 1. The summed E-state index contributed by atoms with van der Waals surface area (Å²) in [5.74, 6) is -0.315. The maximum atomic E-state index is 10.6. The molecule has 96 valence electrons. The summed E-state index contributed by atoms with van der Waals surface area (Å²) in [5.41, 5.74) is 6.48. The summed E-state index contributed by atoms with van der Waals surface area (Å²) in [6, 6.07) is 0. The second-order valence-corrected chi connectivity index (χ2v) is 5.84. The second kappa shape index (κ2) is 5.36. The van der Waals surface area contributed by atoms with Gasteiger partial charge in [-0.1, -0.05) is 16.6 Å². The number of rotatable bonds is 5. The molecule has 7 nitrogen and oxygen atoms in total. The molecule has 0 aromatic carbocycles. The van der Waals surface area contributed by atoms with Gasteiger partial charge < -0.3 is 10.8 Å². The minimum Gasteiger partial charge on any atom is -0.476 e. The maximum Gasteiger partial charge on any atom is 0.358 e. The van der Waals surface area contributed by atoms with Gasteiger partial charge in [-0.05, 0) is 6.92 Å². The number of aromatic carboxylic acids is 1. The average molecular weight is 285 g/mol. The molecule has 0 spiro atoms. The van der Waals surface area contributed by atoms with Crippen LogP contribution in [0.1, 0.15) is 16.2 Å². The molecule has 0 unspecified atom stereocenters. The van der Waals surface area contributed by atoms with E-state index in [1.54, 1.807) is 11.8 Å². The van der Waals surface area contributed by atoms with Gasteiger partial charge in [-0.3, -0.25) is 4.68 Å². The molecule has 3 N–H and O–H groups in total. The largest absolute Gasteiger partial charge is 0.476 e. The molecule has 2 heterocycles. The summed E-state index contributed by atoms with van der Waals surface area (Å²) in [6.07, 6.45) is 1.41. The molecular weight excluding hydrogens is 274 g/mol. The molecule has 0 aliphatic rings. The zero-order valence-electron chi connectivity index (χ0n) is 9.53. The molecule has 9 heteroatoms. The van der Waals surface area contributed by atoms with Crippen LogP contribution in [0.15, 0.2) is 10.4 Å². The highest BCUT2D eigenvalue weighted by atomic mass is 32.2. The number of carboxylic acids is 1. The predicted octanol–water partition coefficient (Wildman–Crippen LogP) is 1.12. The van der Waals surface area contributed by atoms with Crippen molar-refractivity contribution in [3.8, 4) is 0 Å². The Balaban J connectivity index is 1.88. The van der Waals surface area contributed by atoms with Crippen LogP contribution in [0.5, 0.6) is 0 Å². The molecule has 0 bridgehead atoms. The van der Waals surface area contributed by atoms with Crippen LogP contribution in [0.2, 0.25) is 0 Å². The number of thioether (sulfide) groups is 1. The molecule has 18 heavy (non-hydrogen) atoms. The Morgan fingerprint density at radius 3 is 3.00 bits per heavy atom. The van der Waals surface area contributed by atoms with Crippen LogP contribution in [0.4, 0.5) is 5.13 Å². The van der Waals surface area contributed by atoms with E-state index in [0.29, 0.717) is 11.7 Å².